The minimum atomic E-state index is -0.151. The third-order valence-electron chi connectivity index (χ3n) is 4.33. The lowest BCUT2D eigenvalue weighted by Gasteiger charge is -2.06. The molecule has 0 spiro atoms. The van der Waals surface area contributed by atoms with Gasteiger partial charge in [-0.25, -0.2) is 4.98 Å². The number of halogens is 2. The van der Waals surface area contributed by atoms with Crippen LogP contribution in [0.15, 0.2) is 67.1 Å². The molecular weight excluding hydrogens is 476 g/mol. The Morgan fingerprint density at radius 1 is 1.11 bits per heavy atom. The number of aromatic nitrogens is 4. The van der Waals surface area contributed by atoms with E-state index in [4.69, 9.17) is 4.52 Å². The first-order chi connectivity index (χ1) is 13.0. The van der Waals surface area contributed by atoms with E-state index < -0.39 is 0 Å². The quantitative estimate of drug-likeness (QED) is 0.421. The fraction of sp³-hybridized carbons (Fsp3) is 0.158. The maximum Gasteiger partial charge on any atom is 0.261 e. The normalized spacial score (nSPS) is 12.4. The smallest absolute Gasteiger partial charge is 0.261 e. The Kier molecular flexibility index (Phi) is 4.92. The van der Waals surface area contributed by atoms with Gasteiger partial charge in [-0.05, 0) is 35.9 Å². The summed E-state index contributed by atoms with van der Waals surface area (Å²) in [5, 5.41) is 4.61. The molecule has 0 aliphatic carbocycles. The summed E-state index contributed by atoms with van der Waals surface area (Å²) >= 11 is 6.81. The fourth-order valence-corrected chi connectivity index (χ4v) is 3.42. The van der Waals surface area contributed by atoms with Gasteiger partial charge in [-0.1, -0.05) is 56.1 Å². The molecule has 6 nitrogen and oxygen atoms in total. The Labute approximate surface area is 171 Å². The molecule has 0 aliphatic heterocycles. The summed E-state index contributed by atoms with van der Waals surface area (Å²) in [6, 6.07) is 13.4. The summed E-state index contributed by atoms with van der Waals surface area (Å²) in [7, 11) is 0. The van der Waals surface area contributed by atoms with Crippen LogP contribution in [0.3, 0.4) is 0 Å². The standard InChI is InChI=1S/C19H14Br2N4O2/c1-11(12-2-4-13(20)5-3-12)18-23-17(27-24-18)9-25-10-22-16-7-6-14(21)8-15(16)19(25)26/h2-8,10-11H,9H2,1H3. The van der Waals surface area contributed by atoms with E-state index in [-0.39, 0.29) is 18.0 Å². The average Bonchev–Trinajstić information content (AvgIpc) is 3.13. The first-order valence-electron chi connectivity index (χ1n) is 8.24. The van der Waals surface area contributed by atoms with E-state index in [1.54, 1.807) is 12.1 Å². The van der Waals surface area contributed by atoms with Crippen LogP contribution in [0, 0.1) is 0 Å². The Balaban J connectivity index is 1.61. The number of hydrogen-bond donors (Lipinski definition) is 0. The maximum atomic E-state index is 12.7. The molecule has 0 saturated heterocycles. The zero-order valence-electron chi connectivity index (χ0n) is 14.3. The Morgan fingerprint density at radius 3 is 2.63 bits per heavy atom. The topological polar surface area (TPSA) is 73.8 Å². The SMILES string of the molecule is CC(c1ccc(Br)cc1)c1noc(Cn2cnc3ccc(Br)cc3c2=O)n1. The fourth-order valence-electron chi connectivity index (χ4n) is 2.80. The largest absolute Gasteiger partial charge is 0.337 e. The zero-order chi connectivity index (χ0) is 19.0. The van der Waals surface area contributed by atoms with Crippen molar-refractivity contribution in [2.45, 2.75) is 19.4 Å². The second-order valence-electron chi connectivity index (χ2n) is 6.16. The van der Waals surface area contributed by atoms with Gasteiger partial charge in [-0.15, -0.1) is 0 Å². The summed E-state index contributed by atoms with van der Waals surface area (Å²) in [6.45, 7) is 2.19. The van der Waals surface area contributed by atoms with Crippen molar-refractivity contribution < 1.29 is 4.52 Å². The highest BCUT2D eigenvalue weighted by molar-refractivity contribution is 9.10. The summed E-state index contributed by atoms with van der Waals surface area (Å²) in [4.78, 5) is 21.5. The molecule has 0 aliphatic rings. The van der Waals surface area contributed by atoms with Crippen molar-refractivity contribution >= 4 is 42.8 Å². The van der Waals surface area contributed by atoms with Gasteiger partial charge in [-0.3, -0.25) is 9.36 Å². The van der Waals surface area contributed by atoms with Crippen molar-refractivity contribution in [1.29, 1.82) is 0 Å². The minimum Gasteiger partial charge on any atom is -0.337 e. The minimum absolute atomic E-state index is 0.0157. The van der Waals surface area contributed by atoms with Crippen LogP contribution in [-0.2, 0) is 6.54 Å². The number of hydrogen-bond acceptors (Lipinski definition) is 5. The number of benzene rings is 2. The molecule has 0 saturated carbocycles. The molecule has 2 heterocycles. The summed E-state index contributed by atoms with van der Waals surface area (Å²) in [5.74, 6) is 0.932. The Bertz CT molecular complexity index is 1170. The van der Waals surface area contributed by atoms with E-state index in [1.807, 2.05) is 37.3 Å². The van der Waals surface area contributed by atoms with Crippen molar-refractivity contribution in [3.63, 3.8) is 0 Å². The Hall–Kier alpha value is -2.32. The lowest BCUT2D eigenvalue weighted by Crippen LogP contribution is -2.21. The van der Waals surface area contributed by atoms with Crippen LogP contribution in [0.1, 0.15) is 30.1 Å². The van der Waals surface area contributed by atoms with Gasteiger partial charge in [0.15, 0.2) is 5.82 Å². The second-order valence-corrected chi connectivity index (χ2v) is 7.99. The molecule has 0 N–H and O–H groups in total. The number of nitrogens with zero attached hydrogens (tertiary/aromatic N) is 4. The third-order valence-corrected chi connectivity index (χ3v) is 5.35. The molecule has 1 unspecified atom stereocenters. The number of rotatable bonds is 4. The van der Waals surface area contributed by atoms with Crippen molar-refractivity contribution in [2.75, 3.05) is 0 Å². The summed E-state index contributed by atoms with van der Waals surface area (Å²) < 4.78 is 8.67. The first kappa shape index (κ1) is 18.1. The highest BCUT2D eigenvalue weighted by Gasteiger charge is 2.16. The second kappa shape index (κ2) is 7.36. The van der Waals surface area contributed by atoms with E-state index in [0.29, 0.717) is 22.6 Å². The van der Waals surface area contributed by atoms with Gasteiger partial charge >= 0.3 is 0 Å². The molecule has 0 amide bonds. The molecule has 0 fully saturated rings. The van der Waals surface area contributed by atoms with E-state index in [0.717, 1.165) is 14.5 Å². The van der Waals surface area contributed by atoms with Crippen LogP contribution in [0.4, 0.5) is 0 Å². The molecule has 0 bridgehead atoms. The van der Waals surface area contributed by atoms with Gasteiger partial charge in [0, 0.05) is 14.9 Å². The van der Waals surface area contributed by atoms with Crippen LogP contribution in [0.5, 0.6) is 0 Å². The van der Waals surface area contributed by atoms with Crippen molar-refractivity contribution in [2.24, 2.45) is 0 Å². The third kappa shape index (κ3) is 3.72. The molecule has 4 aromatic rings. The monoisotopic (exact) mass is 488 g/mol. The van der Waals surface area contributed by atoms with Crippen LogP contribution >= 0.6 is 31.9 Å². The van der Waals surface area contributed by atoms with Gasteiger partial charge in [0.2, 0.25) is 5.89 Å². The van der Waals surface area contributed by atoms with Crippen molar-refractivity contribution in [1.82, 2.24) is 19.7 Å². The summed E-state index contributed by atoms with van der Waals surface area (Å²) in [5.41, 5.74) is 1.58. The maximum absolute atomic E-state index is 12.7. The molecule has 8 heteroatoms. The lowest BCUT2D eigenvalue weighted by molar-refractivity contribution is 0.363. The molecule has 2 aromatic carbocycles. The lowest BCUT2D eigenvalue weighted by atomic mass is 10.0. The van der Waals surface area contributed by atoms with Gasteiger partial charge in [-0.2, -0.15) is 4.98 Å². The first-order valence-corrected chi connectivity index (χ1v) is 9.82. The van der Waals surface area contributed by atoms with Gasteiger partial charge in [0.05, 0.1) is 17.2 Å². The molecule has 136 valence electrons. The van der Waals surface area contributed by atoms with E-state index in [9.17, 15) is 4.79 Å². The van der Waals surface area contributed by atoms with Gasteiger partial charge in [0.1, 0.15) is 6.54 Å². The highest BCUT2D eigenvalue weighted by Crippen LogP contribution is 2.23. The predicted molar refractivity (Wildman–Crippen MR) is 109 cm³/mol. The highest BCUT2D eigenvalue weighted by atomic mass is 79.9. The van der Waals surface area contributed by atoms with Crippen molar-refractivity contribution in [3.8, 4) is 0 Å². The molecule has 1 atom stereocenters. The summed E-state index contributed by atoms with van der Waals surface area (Å²) in [6.07, 6.45) is 1.50. The van der Waals surface area contributed by atoms with E-state index in [1.165, 1.54) is 10.9 Å². The van der Waals surface area contributed by atoms with E-state index >= 15 is 0 Å². The van der Waals surface area contributed by atoms with Crippen LogP contribution in [-0.4, -0.2) is 19.7 Å². The molecular formula is C19H14Br2N4O2. The molecule has 0 radical (unpaired) electrons. The average molecular weight is 490 g/mol. The van der Waals surface area contributed by atoms with Gasteiger partial charge < -0.3 is 4.52 Å². The van der Waals surface area contributed by atoms with Crippen molar-refractivity contribution in [3.05, 3.63) is 85.4 Å². The van der Waals surface area contributed by atoms with Crippen LogP contribution in [0.25, 0.3) is 10.9 Å². The van der Waals surface area contributed by atoms with Crippen LogP contribution in [0.2, 0.25) is 0 Å². The number of fused-ring (bicyclic) bond motifs is 1. The van der Waals surface area contributed by atoms with Crippen LogP contribution < -0.4 is 5.56 Å². The predicted octanol–water partition coefficient (Wildman–Crippen LogP) is 4.50. The molecule has 27 heavy (non-hydrogen) atoms. The molecule has 4 rings (SSSR count). The van der Waals surface area contributed by atoms with Gasteiger partial charge in [0.25, 0.3) is 5.56 Å². The molecule has 2 aromatic heterocycles. The Morgan fingerprint density at radius 2 is 1.85 bits per heavy atom. The van der Waals surface area contributed by atoms with E-state index in [2.05, 4.69) is 47.0 Å². The zero-order valence-corrected chi connectivity index (χ0v) is 17.4.